The molecule has 0 aliphatic carbocycles. The van der Waals surface area contributed by atoms with E-state index in [0.717, 1.165) is 0 Å². The van der Waals surface area contributed by atoms with Crippen molar-refractivity contribution in [2.75, 3.05) is 0 Å². The highest BCUT2D eigenvalue weighted by atomic mass is 19.4. The number of nitrogens with zero attached hydrogens (tertiary/aromatic N) is 2. The number of aromatic nitrogens is 2. The van der Waals surface area contributed by atoms with Crippen molar-refractivity contribution in [3.8, 4) is 0 Å². The van der Waals surface area contributed by atoms with Crippen LogP contribution < -0.4 is 5.32 Å². The van der Waals surface area contributed by atoms with Crippen LogP contribution in [-0.4, -0.2) is 22.2 Å². The average Bonchev–Trinajstić information content (AvgIpc) is 2.99. The number of hydrogen-bond acceptors (Lipinski definition) is 4. The third kappa shape index (κ3) is 5.07. The summed E-state index contributed by atoms with van der Waals surface area (Å²) in [5, 5.41) is 6.34. The summed E-state index contributed by atoms with van der Waals surface area (Å²) in [5.74, 6) is -0.314. The molecule has 1 heterocycles. The first kappa shape index (κ1) is 18.0. The lowest BCUT2D eigenvalue weighted by molar-refractivity contribution is -0.134. The molecule has 0 aliphatic rings. The number of benzene rings is 1. The van der Waals surface area contributed by atoms with Gasteiger partial charge in [-0.3, -0.25) is 4.79 Å². The van der Waals surface area contributed by atoms with Crippen LogP contribution in [0.4, 0.5) is 13.2 Å². The number of amides is 1. The molecule has 0 bridgehead atoms. The zero-order valence-corrected chi connectivity index (χ0v) is 13.3. The van der Waals surface area contributed by atoms with Crippen LogP contribution in [0.25, 0.3) is 0 Å². The minimum Gasteiger partial charge on any atom is -0.340 e. The maximum atomic E-state index is 12.3. The highest BCUT2D eigenvalue weighted by molar-refractivity contribution is 5.94. The van der Waals surface area contributed by atoms with E-state index in [1.54, 1.807) is 30.3 Å². The lowest BCUT2D eigenvalue weighted by Gasteiger charge is -2.18. The van der Waals surface area contributed by atoms with Gasteiger partial charge >= 0.3 is 6.18 Å². The van der Waals surface area contributed by atoms with Gasteiger partial charge in [0.2, 0.25) is 5.89 Å². The van der Waals surface area contributed by atoms with Crippen LogP contribution in [0.1, 0.15) is 48.4 Å². The fourth-order valence-corrected chi connectivity index (χ4v) is 2.08. The van der Waals surface area contributed by atoms with E-state index in [1.165, 1.54) is 0 Å². The minimum atomic E-state index is -4.28. The first-order chi connectivity index (χ1) is 11.3. The number of rotatable bonds is 6. The van der Waals surface area contributed by atoms with E-state index < -0.39 is 18.6 Å². The molecule has 130 valence electrons. The predicted octanol–water partition coefficient (Wildman–Crippen LogP) is 3.69. The molecule has 1 aromatic heterocycles. The molecule has 5 nitrogen and oxygen atoms in total. The number of halogens is 3. The fourth-order valence-electron chi connectivity index (χ4n) is 2.08. The summed E-state index contributed by atoms with van der Waals surface area (Å²) in [7, 11) is 0. The highest BCUT2D eigenvalue weighted by Crippen LogP contribution is 2.24. The van der Waals surface area contributed by atoms with Gasteiger partial charge < -0.3 is 9.84 Å². The summed E-state index contributed by atoms with van der Waals surface area (Å²) in [6.45, 7) is 3.69. The Morgan fingerprint density at radius 3 is 2.50 bits per heavy atom. The molecule has 1 unspecified atom stereocenters. The Kier molecular flexibility index (Phi) is 5.58. The number of alkyl halides is 3. The number of carbonyl (C=O) groups excluding carboxylic acids is 1. The summed E-state index contributed by atoms with van der Waals surface area (Å²) in [6, 6.07) is 8.01. The Morgan fingerprint density at radius 2 is 1.92 bits per heavy atom. The molecule has 0 spiro atoms. The molecule has 8 heteroatoms. The molecule has 1 aromatic carbocycles. The molecule has 1 amide bonds. The van der Waals surface area contributed by atoms with E-state index in [0.29, 0.717) is 5.56 Å². The van der Waals surface area contributed by atoms with E-state index in [1.807, 2.05) is 13.8 Å². The van der Waals surface area contributed by atoms with Gasteiger partial charge in [0, 0.05) is 12.0 Å². The van der Waals surface area contributed by atoms with Crippen molar-refractivity contribution in [2.24, 2.45) is 5.92 Å². The zero-order valence-electron chi connectivity index (χ0n) is 13.3. The zero-order chi connectivity index (χ0) is 17.7. The van der Waals surface area contributed by atoms with Crippen LogP contribution in [0.2, 0.25) is 0 Å². The van der Waals surface area contributed by atoms with Crippen molar-refractivity contribution in [2.45, 2.75) is 38.9 Å². The van der Waals surface area contributed by atoms with Gasteiger partial charge in [-0.1, -0.05) is 37.2 Å². The Hall–Kier alpha value is -2.38. The van der Waals surface area contributed by atoms with Gasteiger partial charge in [0.05, 0.1) is 6.42 Å². The predicted molar refractivity (Wildman–Crippen MR) is 80.2 cm³/mol. The second-order valence-corrected chi connectivity index (χ2v) is 5.73. The van der Waals surface area contributed by atoms with Gasteiger partial charge in [-0.05, 0) is 18.1 Å². The molecule has 0 aliphatic heterocycles. The van der Waals surface area contributed by atoms with Crippen LogP contribution in [-0.2, 0) is 6.42 Å². The SMILES string of the molecule is CC(C)C(NC(=O)c1ccccc1)c1nc(CCC(F)(F)F)no1. The van der Waals surface area contributed by atoms with Gasteiger partial charge in [-0.25, -0.2) is 0 Å². The van der Waals surface area contributed by atoms with E-state index >= 15 is 0 Å². The number of carbonyl (C=O) groups is 1. The molecular weight excluding hydrogens is 323 g/mol. The number of nitrogens with one attached hydrogen (secondary N) is 1. The van der Waals surface area contributed by atoms with Gasteiger partial charge in [-0.2, -0.15) is 18.2 Å². The average molecular weight is 341 g/mol. The van der Waals surface area contributed by atoms with Gasteiger partial charge in [0.1, 0.15) is 6.04 Å². The molecule has 1 N–H and O–H groups in total. The lowest BCUT2D eigenvalue weighted by Crippen LogP contribution is -2.32. The van der Waals surface area contributed by atoms with Crippen molar-refractivity contribution >= 4 is 5.91 Å². The molecule has 0 saturated carbocycles. The molecule has 0 radical (unpaired) electrons. The smallest absolute Gasteiger partial charge is 0.340 e. The van der Waals surface area contributed by atoms with E-state index in [4.69, 9.17) is 4.52 Å². The molecule has 0 fully saturated rings. The van der Waals surface area contributed by atoms with E-state index in [9.17, 15) is 18.0 Å². The summed E-state index contributed by atoms with van der Waals surface area (Å²) < 4.78 is 41.8. The second-order valence-electron chi connectivity index (χ2n) is 5.73. The largest absolute Gasteiger partial charge is 0.389 e. The van der Waals surface area contributed by atoms with Crippen LogP contribution in [0.3, 0.4) is 0 Å². The van der Waals surface area contributed by atoms with Gasteiger partial charge in [0.15, 0.2) is 5.82 Å². The molecule has 2 aromatic rings. The van der Waals surface area contributed by atoms with Crippen molar-refractivity contribution in [3.05, 3.63) is 47.6 Å². The Balaban J connectivity index is 2.08. The monoisotopic (exact) mass is 341 g/mol. The van der Waals surface area contributed by atoms with E-state index in [2.05, 4.69) is 15.5 Å². The lowest BCUT2D eigenvalue weighted by atomic mass is 10.0. The van der Waals surface area contributed by atoms with E-state index in [-0.39, 0.29) is 30.0 Å². The van der Waals surface area contributed by atoms with Crippen molar-refractivity contribution < 1.29 is 22.5 Å². The maximum absolute atomic E-state index is 12.3. The van der Waals surface area contributed by atoms with Crippen LogP contribution in [0, 0.1) is 5.92 Å². The molecular formula is C16H18F3N3O2. The quantitative estimate of drug-likeness (QED) is 0.870. The second kappa shape index (κ2) is 7.46. The van der Waals surface area contributed by atoms with Crippen molar-refractivity contribution in [3.63, 3.8) is 0 Å². The number of aryl methyl sites for hydroxylation is 1. The summed E-state index contributed by atoms with van der Waals surface area (Å²) in [4.78, 5) is 16.2. The summed E-state index contributed by atoms with van der Waals surface area (Å²) in [5.41, 5.74) is 0.472. The topological polar surface area (TPSA) is 68.0 Å². The van der Waals surface area contributed by atoms with Crippen LogP contribution in [0.15, 0.2) is 34.9 Å². The number of hydrogen-bond donors (Lipinski definition) is 1. The fraction of sp³-hybridized carbons (Fsp3) is 0.438. The van der Waals surface area contributed by atoms with Crippen molar-refractivity contribution in [1.82, 2.24) is 15.5 Å². The Morgan fingerprint density at radius 1 is 1.25 bits per heavy atom. The molecule has 0 saturated heterocycles. The first-order valence-electron chi connectivity index (χ1n) is 7.51. The van der Waals surface area contributed by atoms with Crippen LogP contribution in [0.5, 0.6) is 0 Å². The minimum absolute atomic E-state index is 0.0260. The maximum Gasteiger partial charge on any atom is 0.389 e. The third-order valence-electron chi connectivity index (χ3n) is 3.37. The molecule has 24 heavy (non-hydrogen) atoms. The Bertz CT molecular complexity index is 669. The first-order valence-corrected chi connectivity index (χ1v) is 7.51. The molecule has 2 rings (SSSR count). The third-order valence-corrected chi connectivity index (χ3v) is 3.37. The standard InChI is InChI=1S/C16H18F3N3O2/c1-10(2)13(21-14(23)11-6-4-3-5-7-11)15-20-12(22-24-15)8-9-16(17,18)19/h3-7,10,13H,8-9H2,1-2H3,(H,21,23). The summed E-state index contributed by atoms with van der Waals surface area (Å²) in [6.07, 6.45) is -5.65. The van der Waals surface area contributed by atoms with Gasteiger partial charge in [-0.15, -0.1) is 0 Å². The molecule has 1 atom stereocenters. The Labute approximate surface area is 137 Å². The highest BCUT2D eigenvalue weighted by Gasteiger charge is 2.29. The summed E-state index contributed by atoms with van der Waals surface area (Å²) >= 11 is 0. The normalized spacial score (nSPS) is 13.1. The van der Waals surface area contributed by atoms with Crippen LogP contribution >= 0.6 is 0 Å². The van der Waals surface area contributed by atoms with Crippen molar-refractivity contribution in [1.29, 1.82) is 0 Å². The van der Waals surface area contributed by atoms with Gasteiger partial charge in [0.25, 0.3) is 5.91 Å².